The average Bonchev–Trinajstić information content (AvgIpc) is 2.41. The fourth-order valence-electron chi connectivity index (χ4n) is 2.22. The molecule has 1 aromatic rings. The molecule has 1 aromatic carbocycles. The van der Waals surface area contributed by atoms with Crippen molar-refractivity contribution in [3.8, 4) is 0 Å². The van der Waals surface area contributed by atoms with Crippen LogP contribution in [0.2, 0.25) is 0 Å². The van der Waals surface area contributed by atoms with E-state index in [0.717, 1.165) is 5.56 Å². The lowest BCUT2D eigenvalue weighted by Gasteiger charge is -2.21. The Morgan fingerprint density at radius 1 is 1.32 bits per heavy atom. The summed E-state index contributed by atoms with van der Waals surface area (Å²) in [7, 11) is 0. The summed E-state index contributed by atoms with van der Waals surface area (Å²) >= 11 is 0. The van der Waals surface area contributed by atoms with Crippen LogP contribution in [0.5, 0.6) is 0 Å². The van der Waals surface area contributed by atoms with E-state index in [-0.39, 0.29) is 30.6 Å². The molecule has 1 saturated heterocycles. The lowest BCUT2D eigenvalue weighted by molar-refractivity contribution is -0.137. The van der Waals surface area contributed by atoms with Crippen molar-refractivity contribution in [3.63, 3.8) is 0 Å². The number of carbonyl (C=O) groups is 4. The molecule has 1 heterocycles. The summed E-state index contributed by atoms with van der Waals surface area (Å²) in [6, 6.07) is 6.24. The molecule has 0 aromatic heterocycles. The SMILES string of the molecule is CC(=O)Nc1cccc(CC(=O)NC2CCC(=O)NC2=O)c1. The van der Waals surface area contributed by atoms with E-state index in [1.807, 2.05) is 0 Å². The minimum absolute atomic E-state index is 0.0884. The molecule has 7 heteroatoms. The Hall–Kier alpha value is -2.70. The maximum atomic E-state index is 12.0. The van der Waals surface area contributed by atoms with Gasteiger partial charge >= 0.3 is 0 Å². The second-order valence-corrected chi connectivity index (χ2v) is 5.13. The van der Waals surface area contributed by atoms with Crippen molar-refractivity contribution in [2.45, 2.75) is 32.2 Å². The van der Waals surface area contributed by atoms with Gasteiger partial charge in [0.2, 0.25) is 23.6 Å². The summed E-state index contributed by atoms with van der Waals surface area (Å²) in [6.07, 6.45) is 0.613. The molecule has 2 rings (SSSR count). The van der Waals surface area contributed by atoms with Gasteiger partial charge in [-0.1, -0.05) is 12.1 Å². The topological polar surface area (TPSA) is 104 Å². The second kappa shape index (κ2) is 6.84. The minimum Gasteiger partial charge on any atom is -0.344 e. The standard InChI is InChI=1S/C15H17N3O4/c1-9(19)16-11-4-2-3-10(7-11)8-14(21)17-12-5-6-13(20)18-15(12)22/h2-4,7,12H,5-6,8H2,1H3,(H,16,19)(H,17,21)(H,18,20,22). The van der Waals surface area contributed by atoms with E-state index in [2.05, 4.69) is 16.0 Å². The lowest BCUT2D eigenvalue weighted by atomic mass is 10.1. The molecule has 0 aliphatic carbocycles. The fraction of sp³-hybridized carbons (Fsp3) is 0.333. The van der Waals surface area contributed by atoms with Crippen LogP contribution in [0, 0.1) is 0 Å². The number of imide groups is 1. The molecule has 4 amide bonds. The van der Waals surface area contributed by atoms with E-state index >= 15 is 0 Å². The first-order valence-electron chi connectivity index (χ1n) is 6.93. The van der Waals surface area contributed by atoms with Crippen LogP contribution in [0.3, 0.4) is 0 Å². The highest BCUT2D eigenvalue weighted by atomic mass is 16.2. The van der Waals surface area contributed by atoms with Gasteiger partial charge in [-0.25, -0.2) is 0 Å². The van der Waals surface area contributed by atoms with Gasteiger partial charge in [-0.3, -0.25) is 24.5 Å². The van der Waals surface area contributed by atoms with Gasteiger partial charge in [0, 0.05) is 19.0 Å². The lowest BCUT2D eigenvalue weighted by Crippen LogP contribution is -2.52. The Morgan fingerprint density at radius 3 is 2.77 bits per heavy atom. The summed E-state index contributed by atoms with van der Waals surface area (Å²) < 4.78 is 0. The maximum Gasteiger partial charge on any atom is 0.249 e. The van der Waals surface area contributed by atoms with E-state index in [1.54, 1.807) is 24.3 Å². The number of hydrogen-bond acceptors (Lipinski definition) is 4. The molecular formula is C15H17N3O4. The summed E-state index contributed by atoms with van der Waals surface area (Å²) in [4.78, 5) is 45.6. The molecule has 1 aliphatic heterocycles. The van der Waals surface area contributed by atoms with Crippen molar-refractivity contribution in [1.29, 1.82) is 0 Å². The van der Waals surface area contributed by atoms with Crippen molar-refractivity contribution in [3.05, 3.63) is 29.8 Å². The van der Waals surface area contributed by atoms with Gasteiger partial charge in [-0.15, -0.1) is 0 Å². The van der Waals surface area contributed by atoms with Gasteiger partial charge in [0.1, 0.15) is 6.04 Å². The molecular weight excluding hydrogens is 286 g/mol. The molecule has 0 saturated carbocycles. The smallest absolute Gasteiger partial charge is 0.249 e. The first-order valence-corrected chi connectivity index (χ1v) is 6.93. The Kier molecular flexibility index (Phi) is 4.88. The number of carbonyl (C=O) groups excluding carboxylic acids is 4. The van der Waals surface area contributed by atoms with Crippen molar-refractivity contribution in [2.75, 3.05) is 5.32 Å². The highest BCUT2D eigenvalue weighted by molar-refractivity contribution is 6.01. The zero-order valence-electron chi connectivity index (χ0n) is 12.1. The third-order valence-electron chi connectivity index (χ3n) is 3.19. The van der Waals surface area contributed by atoms with E-state index in [4.69, 9.17) is 0 Å². The number of benzene rings is 1. The van der Waals surface area contributed by atoms with Crippen LogP contribution in [0.1, 0.15) is 25.3 Å². The molecule has 0 bridgehead atoms. The number of piperidine rings is 1. The average molecular weight is 303 g/mol. The quantitative estimate of drug-likeness (QED) is 0.687. The summed E-state index contributed by atoms with van der Waals surface area (Å²) in [5.74, 6) is -1.30. The zero-order valence-corrected chi connectivity index (χ0v) is 12.1. The molecule has 1 unspecified atom stereocenters. The fourth-order valence-corrected chi connectivity index (χ4v) is 2.22. The van der Waals surface area contributed by atoms with Gasteiger partial charge in [0.25, 0.3) is 0 Å². The number of nitrogens with one attached hydrogen (secondary N) is 3. The Morgan fingerprint density at radius 2 is 2.09 bits per heavy atom. The number of hydrogen-bond donors (Lipinski definition) is 3. The molecule has 0 spiro atoms. The first kappa shape index (κ1) is 15.7. The third-order valence-corrected chi connectivity index (χ3v) is 3.19. The molecule has 116 valence electrons. The molecule has 1 fully saturated rings. The predicted molar refractivity (Wildman–Crippen MR) is 78.8 cm³/mol. The molecule has 1 aliphatic rings. The van der Waals surface area contributed by atoms with E-state index in [1.165, 1.54) is 6.92 Å². The van der Waals surface area contributed by atoms with Crippen LogP contribution in [-0.2, 0) is 25.6 Å². The monoisotopic (exact) mass is 303 g/mol. The van der Waals surface area contributed by atoms with Crippen LogP contribution < -0.4 is 16.0 Å². The van der Waals surface area contributed by atoms with Crippen molar-refractivity contribution in [1.82, 2.24) is 10.6 Å². The van der Waals surface area contributed by atoms with Crippen molar-refractivity contribution < 1.29 is 19.2 Å². The van der Waals surface area contributed by atoms with Gasteiger partial charge < -0.3 is 10.6 Å². The minimum atomic E-state index is -0.677. The van der Waals surface area contributed by atoms with Crippen molar-refractivity contribution >= 4 is 29.3 Å². The highest BCUT2D eigenvalue weighted by Crippen LogP contribution is 2.12. The molecule has 7 nitrogen and oxygen atoms in total. The summed E-state index contributed by atoms with van der Waals surface area (Å²) in [6.45, 7) is 1.41. The van der Waals surface area contributed by atoms with Crippen LogP contribution >= 0.6 is 0 Å². The largest absolute Gasteiger partial charge is 0.344 e. The second-order valence-electron chi connectivity index (χ2n) is 5.13. The van der Waals surface area contributed by atoms with E-state index in [9.17, 15) is 19.2 Å². The Bertz CT molecular complexity index is 627. The van der Waals surface area contributed by atoms with Gasteiger partial charge in [-0.05, 0) is 24.1 Å². The van der Waals surface area contributed by atoms with Crippen molar-refractivity contribution in [2.24, 2.45) is 0 Å². The van der Waals surface area contributed by atoms with Gasteiger partial charge in [0.05, 0.1) is 6.42 Å². The number of anilines is 1. The molecule has 1 atom stereocenters. The maximum absolute atomic E-state index is 12.0. The summed E-state index contributed by atoms with van der Waals surface area (Å²) in [5, 5.41) is 7.44. The zero-order chi connectivity index (χ0) is 16.1. The molecule has 3 N–H and O–H groups in total. The number of amides is 4. The third kappa shape index (κ3) is 4.41. The van der Waals surface area contributed by atoms with Gasteiger partial charge in [0.15, 0.2) is 0 Å². The molecule has 0 radical (unpaired) electrons. The molecule has 22 heavy (non-hydrogen) atoms. The van der Waals surface area contributed by atoms with E-state index in [0.29, 0.717) is 12.1 Å². The van der Waals surface area contributed by atoms with Crippen LogP contribution in [0.4, 0.5) is 5.69 Å². The van der Waals surface area contributed by atoms with Crippen LogP contribution in [0.25, 0.3) is 0 Å². The van der Waals surface area contributed by atoms with Gasteiger partial charge in [-0.2, -0.15) is 0 Å². The van der Waals surface area contributed by atoms with Crippen LogP contribution in [0.15, 0.2) is 24.3 Å². The predicted octanol–water partition coefficient (Wildman–Crippen LogP) is 0.109. The first-order chi connectivity index (χ1) is 10.4. The Labute approximate surface area is 127 Å². The normalized spacial score (nSPS) is 17.6. The van der Waals surface area contributed by atoms with E-state index < -0.39 is 11.9 Å². The summed E-state index contributed by atoms with van der Waals surface area (Å²) in [5.41, 5.74) is 1.33. The highest BCUT2D eigenvalue weighted by Gasteiger charge is 2.27. The number of rotatable bonds is 4. The van der Waals surface area contributed by atoms with Crippen LogP contribution in [-0.4, -0.2) is 29.7 Å². The Balaban J connectivity index is 1.93.